The topological polar surface area (TPSA) is 59.1 Å². The number of fused-ring (bicyclic) bond motifs is 4. The lowest BCUT2D eigenvalue weighted by atomic mass is 10.1. The lowest BCUT2D eigenvalue weighted by molar-refractivity contribution is 0.239. The van der Waals surface area contributed by atoms with Crippen molar-refractivity contribution in [2.24, 2.45) is 0 Å². The van der Waals surface area contributed by atoms with E-state index < -0.39 is 0 Å². The third-order valence-electron chi connectivity index (χ3n) is 3.91. The van der Waals surface area contributed by atoms with Crippen LogP contribution in [0.1, 0.15) is 11.1 Å². The third-order valence-corrected chi connectivity index (χ3v) is 3.91. The molecule has 5 nitrogen and oxygen atoms in total. The molecular weight excluding hydrogens is 288 g/mol. The van der Waals surface area contributed by atoms with Crippen LogP contribution >= 0.6 is 0 Å². The summed E-state index contributed by atoms with van der Waals surface area (Å²) >= 11 is 0. The number of hydrogen-bond acceptors (Lipinski definition) is 5. The highest BCUT2D eigenvalue weighted by molar-refractivity contribution is 5.90. The number of anilines is 1. The van der Waals surface area contributed by atoms with Crippen LogP contribution in [0.15, 0.2) is 55.1 Å². The van der Waals surface area contributed by atoms with E-state index in [9.17, 15) is 0 Å². The van der Waals surface area contributed by atoms with Crippen molar-refractivity contribution in [3.05, 3.63) is 66.2 Å². The van der Waals surface area contributed by atoms with Gasteiger partial charge in [-0.1, -0.05) is 18.2 Å². The maximum Gasteiger partial charge on any atom is 0.163 e. The molecular formula is C18H16N4O. The summed E-state index contributed by atoms with van der Waals surface area (Å²) in [6.07, 6.45) is 8.22. The zero-order valence-electron chi connectivity index (χ0n) is 12.5. The Morgan fingerprint density at radius 2 is 2.04 bits per heavy atom. The molecule has 5 heteroatoms. The molecule has 0 spiro atoms. The first-order valence-corrected chi connectivity index (χ1v) is 7.55. The SMILES string of the molecule is C1=Cc2c(ccc3ncncc23)ON1.c1ccc2c(c1)CCN2. The van der Waals surface area contributed by atoms with Gasteiger partial charge in [-0.3, -0.25) is 0 Å². The van der Waals surface area contributed by atoms with Gasteiger partial charge in [0.05, 0.1) is 5.52 Å². The smallest absolute Gasteiger partial charge is 0.163 e. The highest BCUT2D eigenvalue weighted by atomic mass is 16.6. The number of aromatic nitrogens is 2. The minimum atomic E-state index is 0.801. The maximum atomic E-state index is 5.24. The number of rotatable bonds is 0. The molecule has 5 rings (SSSR count). The summed E-state index contributed by atoms with van der Waals surface area (Å²) in [4.78, 5) is 13.4. The number of para-hydroxylation sites is 1. The Labute approximate surface area is 134 Å². The van der Waals surface area contributed by atoms with Gasteiger partial charge < -0.3 is 10.2 Å². The molecule has 0 atom stereocenters. The third kappa shape index (κ3) is 2.68. The van der Waals surface area contributed by atoms with Gasteiger partial charge in [0.15, 0.2) is 5.75 Å². The molecule has 0 saturated heterocycles. The predicted molar refractivity (Wildman–Crippen MR) is 91.0 cm³/mol. The van der Waals surface area contributed by atoms with E-state index in [1.807, 2.05) is 18.2 Å². The second kappa shape index (κ2) is 5.96. The molecule has 0 aliphatic carbocycles. The van der Waals surface area contributed by atoms with Crippen molar-refractivity contribution < 1.29 is 4.84 Å². The molecule has 0 radical (unpaired) electrons. The van der Waals surface area contributed by atoms with Gasteiger partial charge in [0.1, 0.15) is 6.33 Å². The second-order valence-corrected chi connectivity index (χ2v) is 5.32. The summed E-state index contributed by atoms with van der Waals surface area (Å²) in [7, 11) is 0. The summed E-state index contributed by atoms with van der Waals surface area (Å²) in [5.41, 5.74) is 7.40. The maximum absolute atomic E-state index is 5.24. The van der Waals surface area contributed by atoms with E-state index in [0.29, 0.717) is 0 Å². The Morgan fingerprint density at radius 3 is 3.00 bits per heavy atom. The minimum Gasteiger partial charge on any atom is -0.384 e. The van der Waals surface area contributed by atoms with Crippen LogP contribution in [0, 0.1) is 0 Å². The number of benzene rings is 2. The molecule has 2 aliphatic heterocycles. The van der Waals surface area contributed by atoms with Gasteiger partial charge in [-0.2, -0.15) is 0 Å². The molecule has 2 aliphatic rings. The summed E-state index contributed by atoms with van der Waals surface area (Å²) < 4.78 is 0. The van der Waals surface area contributed by atoms with Gasteiger partial charge in [-0.25, -0.2) is 15.4 Å². The average molecular weight is 304 g/mol. The van der Waals surface area contributed by atoms with E-state index in [-0.39, 0.29) is 0 Å². The van der Waals surface area contributed by atoms with Crippen LogP contribution < -0.4 is 15.6 Å². The van der Waals surface area contributed by atoms with Crippen LogP contribution in [0.5, 0.6) is 5.75 Å². The Morgan fingerprint density at radius 1 is 1.09 bits per heavy atom. The largest absolute Gasteiger partial charge is 0.384 e. The fourth-order valence-electron chi connectivity index (χ4n) is 2.77. The van der Waals surface area contributed by atoms with Crippen molar-refractivity contribution >= 4 is 22.7 Å². The molecule has 2 aromatic carbocycles. The van der Waals surface area contributed by atoms with Gasteiger partial charge in [0, 0.05) is 35.6 Å². The van der Waals surface area contributed by atoms with E-state index in [1.54, 1.807) is 18.7 Å². The predicted octanol–water partition coefficient (Wildman–Crippen LogP) is 3.15. The zero-order chi connectivity index (χ0) is 15.5. The van der Waals surface area contributed by atoms with Crippen molar-refractivity contribution in [1.82, 2.24) is 15.4 Å². The first-order chi connectivity index (χ1) is 11.4. The molecule has 0 unspecified atom stereocenters. The van der Waals surface area contributed by atoms with Crippen LogP contribution in [0.4, 0.5) is 5.69 Å². The van der Waals surface area contributed by atoms with E-state index in [4.69, 9.17) is 4.84 Å². The Balaban J connectivity index is 0.000000130. The van der Waals surface area contributed by atoms with Crippen LogP contribution in [0.25, 0.3) is 17.0 Å². The van der Waals surface area contributed by atoms with Gasteiger partial charge in [0.2, 0.25) is 0 Å². The first-order valence-electron chi connectivity index (χ1n) is 7.55. The number of nitrogens with zero attached hydrogens (tertiary/aromatic N) is 2. The number of nitrogens with one attached hydrogen (secondary N) is 2. The van der Waals surface area contributed by atoms with Crippen molar-refractivity contribution in [3.63, 3.8) is 0 Å². The van der Waals surface area contributed by atoms with Gasteiger partial charge >= 0.3 is 0 Å². The normalized spacial score (nSPS) is 13.7. The lowest BCUT2D eigenvalue weighted by Gasteiger charge is -2.13. The second-order valence-electron chi connectivity index (χ2n) is 5.32. The van der Waals surface area contributed by atoms with Gasteiger partial charge in [-0.05, 0) is 36.3 Å². The highest BCUT2D eigenvalue weighted by Crippen LogP contribution is 2.28. The first kappa shape index (κ1) is 13.6. The van der Waals surface area contributed by atoms with E-state index in [0.717, 1.165) is 28.8 Å². The molecule has 2 N–H and O–H groups in total. The van der Waals surface area contributed by atoms with E-state index >= 15 is 0 Å². The number of hydrogen-bond donors (Lipinski definition) is 2. The molecule has 23 heavy (non-hydrogen) atoms. The van der Waals surface area contributed by atoms with E-state index in [1.165, 1.54) is 17.7 Å². The fourth-order valence-corrected chi connectivity index (χ4v) is 2.77. The summed E-state index contributed by atoms with van der Waals surface area (Å²) in [5.74, 6) is 0.801. The Bertz CT molecular complexity index is 853. The summed E-state index contributed by atoms with van der Waals surface area (Å²) in [6, 6.07) is 12.3. The molecule has 0 bridgehead atoms. The van der Waals surface area contributed by atoms with Crippen molar-refractivity contribution in [1.29, 1.82) is 0 Å². The molecule has 0 fully saturated rings. The summed E-state index contributed by atoms with van der Waals surface area (Å²) in [5, 5.41) is 4.30. The molecule has 0 saturated carbocycles. The standard InChI is InChI=1S/C10H7N3O.C8H9N/c1-2-10-7(3-4-13-14-10)8-5-11-6-12-9(1)8;1-2-4-8-7(3-1)5-6-9-8/h1-6,13H;1-4,9H,5-6H2. The van der Waals surface area contributed by atoms with Crippen molar-refractivity contribution in [2.45, 2.75) is 6.42 Å². The lowest BCUT2D eigenvalue weighted by Crippen LogP contribution is -2.14. The monoisotopic (exact) mass is 304 g/mol. The van der Waals surface area contributed by atoms with Crippen LogP contribution in [-0.2, 0) is 6.42 Å². The number of hydroxylamine groups is 1. The molecule has 114 valence electrons. The van der Waals surface area contributed by atoms with Crippen LogP contribution in [0.3, 0.4) is 0 Å². The highest BCUT2D eigenvalue weighted by Gasteiger charge is 2.09. The fraction of sp³-hybridized carbons (Fsp3) is 0.111. The van der Waals surface area contributed by atoms with Gasteiger partial charge in [0.25, 0.3) is 0 Å². The minimum absolute atomic E-state index is 0.801. The average Bonchev–Trinajstić information content (AvgIpc) is 3.11. The zero-order valence-corrected chi connectivity index (χ0v) is 12.5. The molecule has 0 amide bonds. The Hall–Kier alpha value is -3.08. The van der Waals surface area contributed by atoms with E-state index in [2.05, 4.69) is 45.0 Å². The Kier molecular flexibility index (Phi) is 3.52. The molecule has 1 aromatic heterocycles. The summed E-state index contributed by atoms with van der Waals surface area (Å²) in [6.45, 7) is 1.11. The van der Waals surface area contributed by atoms with Crippen molar-refractivity contribution in [3.8, 4) is 5.75 Å². The van der Waals surface area contributed by atoms with Gasteiger partial charge in [-0.15, -0.1) is 0 Å². The van der Waals surface area contributed by atoms with Crippen LogP contribution in [0.2, 0.25) is 0 Å². The molecule has 3 aromatic rings. The molecule has 3 heterocycles. The van der Waals surface area contributed by atoms with Crippen LogP contribution in [-0.4, -0.2) is 16.5 Å². The van der Waals surface area contributed by atoms with Crippen molar-refractivity contribution in [2.75, 3.05) is 11.9 Å². The quantitative estimate of drug-likeness (QED) is 0.668.